The first kappa shape index (κ1) is 14.6. The van der Waals surface area contributed by atoms with Crippen molar-refractivity contribution in [1.29, 1.82) is 0 Å². The Hall–Kier alpha value is -1.37. The number of nitrogens with zero attached hydrogens (tertiary/aromatic N) is 4. The number of β-amino-alcohol motifs (C(OH)–C–C–N with tert-alkyl or cyclic N) is 1. The molecular formula is C14H20ClN5O. The molecule has 21 heavy (non-hydrogen) atoms. The van der Waals surface area contributed by atoms with Gasteiger partial charge in [0.05, 0.1) is 11.0 Å². The standard InChI is InChI=1S/C14H20ClN5O/c1-19(2)7-14(21)4-3-5-20(8-14)13-10-6-11(15)18-12(10)16-9-17-13/h6,9,21H,3-5,7-8H2,1-2H3,(H,16,17,18). The number of piperidine rings is 1. The Bertz CT molecular complexity index is 643. The van der Waals surface area contributed by atoms with Crippen LogP contribution in [0.3, 0.4) is 0 Å². The molecule has 0 saturated carbocycles. The summed E-state index contributed by atoms with van der Waals surface area (Å²) < 4.78 is 0. The van der Waals surface area contributed by atoms with Crippen molar-refractivity contribution in [3.05, 3.63) is 17.5 Å². The van der Waals surface area contributed by atoms with E-state index in [1.54, 1.807) is 0 Å². The summed E-state index contributed by atoms with van der Waals surface area (Å²) in [6.07, 6.45) is 3.28. The summed E-state index contributed by atoms with van der Waals surface area (Å²) >= 11 is 6.02. The molecule has 0 radical (unpaired) electrons. The number of nitrogens with one attached hydrogen (secondary N) is 1. The quantitative estimate of drug-likeness (QED) is 0.899. The number of likely N-dealkylation sites (N-methyl/N-ethyl adjacent to an activating group) is 1. The maximum absolute atomic E-state index is 10.8. The van der Waals surface area contributed by atoms with Crippen molar-refractivity contribution < 1.29 is 5.11 Å². The molecular weight excluding hydrogens is 290 g/mol. The van der Waals surface area contributed by atoms with Crippen LogP contribution in [0.4, 0.5) is 5.82 Å². The summed E-state index contributed by atoms with van der Waals surface area (Å²) in [4.78, 5) is 15.7. The average Bonchev–Trinajstić information content (AvgIpc) is 2.77. The Morgan fingerprint density at radius 3 is 3.05 bits per heavy atom. The lowest BCUT2D eigenvalue weighted by molar-refractivity contribution is 0.00359. The minimum absolute atomic E-state index is 0.548. The Morgan fingerprint density at radius 2 is 2.29 bits per heavy atom. The number of fused-ring (bicyclic) bond motifs is 1. The van der Waals surface area contributed by atoms with E-state index in [0.29, 0.717) is 18.2 Å². The van der Waals surface area contributed by atoms with Crippen LogP contribution in [-0.4, -0.2) is 64.3 Å². The first-order chi connectivity index (χ1) is 9.97. The number of aromatic nitrogens is 3. The minimum atomic E-state index is -0.709. The van der Waals surface area contributed by atoms with Crippen LogP contribution in [-0.2, 0) is 0 Å². The van der Waals surface area contributed by atoms with Crippen molar-refractivity contribution >= 4 is 28.5 Å². The molecule has 1 unspecified atom stereocenters. The summed E-state index contributed by atoms with van der Waals surface area (Å²) in [5, 5.41) is 12.2. The van der Waals surface area contributed by atoms with Crippen molar-refractivity contribution in [1.82, 2.24) is 19.9 Å². The molecule has 7 heteroatoms. The highest BCUT2D eigenvalue weighted by molar-refractivity contribution is 6.30. The van der Waals surface area contributed by atoms with Crippen LogP contribution in [0.1, 0.15) is 12.8 Å². The van der Waals surface area contributed by atoms with E-state index in [0.717, 1.165) is 36.2 Å². The number of halogens is 1. The molecule has 2 aromatic heterocycles. The zero-order chi connectivity index (χ0) is 15.0. The smallest absolute Gasteiger partial charge is 0.144 e. The van der Waals surface area contributed by atoms with Gasteiger partial charge in [0.15, 0.2) is 0 Å². The predicted octanol–water partition coefficient (Wildman–Crippen LogP) is 1.50. The van der Waals surface area contributed by atoms with Crippen molar-refractivity contribution in [3.8, 4) is 0 Å². The summed E-state index contributed by atoms with van der Waals surface area (Å²) in [7, 11) is 3.96. The predicted molar refractivity (Wildman–Crippen MR) is 83.8 cm³/mol. The Kier molecular flexibility index (Phi) is 3.77. The fourth-order valence-corrected chi connectivity index (χ4v) is 3.36. The van der Waals surface area contributed by atoms with E-state index in [1.807, 2.05) is 25.1 Å². The Morgan fingerprint density at radius 1 is 1.48 bits per heavy atom. The molecule has 6 nitrogen and oxygen atoms in total. The highest BCUT2D eigenvalue weighted by atomic mass is 35.5. The lowest BCUT2D eigenvalue weighted by atomic mass is 9.92. The van der Waals surface area contributed by atoms with Crippen LogP contribution in [0, 0.1) is 0 Å². The van der Waals surface area contributed by atoms with E-state index >= 15 is 0 Å². The summed E-state index contributed by atoms with van der Waals surface area (Å²) in [6.45, 7) is 2.09. The van der Waals surface area contributed by atoms with Gasteiger partial charge in [-0.1, -0.05) is 11.6 Å². The van der Waals surface area contributed by atoms with Gasteiger partial charge in [0, 0.05) is 19.6 Å². The first-order valence-corrected chi connectivity index (χ1v) is 7.46. The lowest BCUT2D eigenvalue weighted by Crippen LogP contribution is -2.53. The second-order valence-electron chi connectivity index (χ2n) is 6.06. The van der Waals surface area contributed by atoms with E-state index in [9.17, 15) is 5.11 Å². The number of hydrogen-bond acceptors (Lipinski definition) is 5. The van der Waals surface area contributed by atoms with Gasteiger partial charge in [0.1, 0.15) is 22.9 Å². The summed E-state index contributed by atoms with van der Waals surface area (Å²) in [6, 6.07) is 1.84. The van der Waals surface area contributed by atoms with Crippen LogP contribution < -0.4 is 4.90 Å². The fraction of sp³-hybridized carbons (Fsp3) is 0.571. The Balaban J connectivity index is 1.91. The molecule has 0 bridgehead atoms. The molecule has 1 fully saturated rings. The van der Waals surface area contributed by atoms with Crippen molar-refractivity contribution in [2.45, 2.75) is 18.4 Å². The molecule has 1 atom stereocenters. The van der Waals surface area contributed by atoms with Gasteiger partial charge in [0.2, 0.25) is 0 Å². The molecule has 2 N–H and O–H groups in total. The third-order valence-electron chi connectivity index (χ3n) is 3.84. The molecule has 0 aromatic carbocycles. The van der Waals surface area contributed by atoms with E-state index in [-0.39, 0.29) is 0 Å². The van der Waals surface area contributed by atoms with Gasteiger partial charge in [-0.05, 0) is 33.0 Å². The lowest BCUT2D eigenvalue weighted by Gasteiger charge is -2.41. The van der Waals surface area contributed by atoms with Gasteiger partial charge < -0.3 is 19.9 Å². The second-order valence-corrected chi connectivity index (χ2v) is 6.47. The number of H-pyrrole nitrogens is 1. The molecule has 2 aromatic rings. The number of aliphatic hydroxyl groups is 1. The number of hydrogen-bond donors (Lipinski definition) is 2. The average molecular weight is 310 g/mol. The number of aromatic amines is 1. The third-order valence-corrected chi connectivity index (χ3v) is 4.04. The third kappa shape index (κ3) is 2.97. The zero-order valence-electron chi connectivity index (χ0n) is 12.3. The fourth-order valence-electron chi connectivity index (χ4n) is 3.16. The van der Waals surface area contributed by atoms with Gasteiger partial charge in [-0.3, -0.25) is 0 Å². The van der Waals surface area contributed by atoms with Gasteiger partial charge in [-0.2, -0.15) is 0 Å². The van der Waals surface area contributed by atoms with Gasteiger partial charge in [-0.15, -0.1) is 0 Å². The van der Waals surface area contributed by atoms with Crippen molar-refractivity contribution in [2.24, 2.45) is 0 Å². The molecule has 114 valence electrons. The molecule has 3 rings (SSSR count). The SMILES string of the molecule is CN(C)CC1(O)CCCN(c2ncnc3[nH]c(Cl)cc23)C1. The van der Waals surface area contributed by atoms with Crippen LogP contribution >= 0.6 is 11.6 Å². The van der Waals surface area contributed by atoms with Crippen LogP contribution in [0.15, 0.2) is 12.4 Å². The van der Waals surface area contributed by atoms with Crippen LogP contribution in [0.25, 0.3) is 11.0 Å². The number of anilines is 1. The molecule has 0 aliphatic carbocycles. The topological polar surface area (TPSA) is 68.3 Å². The highest BCUT2D eigenvalue weighted by Gasteiger charge is 2.34. The van der Waals surface area contributed by atoms with E-state index in [1.165, 1.54) is 6.33 Å². The van der Waals surface area contributed by atoms with Gasteiger partial charge in [-0.25, -0.2) is 9.97 Å². The summed E-state index contributed by atoms with van der Waals surface area (Å²) in [5.41, 5.74) is 0.0192. The molecule has 1 saturated heterocycles. The number of rotatable bonds is 3. The van der Waals surface area contributed by atoms with Crippen molar-refractivity contribution in [2.75, 3.05) is 38.6 Å². The molecule has 0 spiro atoms. The maximum atomic E-state index is 10.8. The normalized spacial score (nSPS) is 23.2. The van der Waals surface area contributed by atoms with Gasteiger partial charge in [0.25, 0.3) is 0 Å². The largest absolute Gasteiger partial charge is 0.387 e. The molecule has 0 amide bonds. The van der Waals surface area contributed by atoms with Gasteiger partial charge >= 0.3 is 0 Å². The van der Waals surface area contributed by atoms with Crippen molar-refractivity contribution in [3.63, 3.8) is 0 Å². The molecule has 1 aliphatic heterocycles. The monoisotopic (exact) mass is 309 g/mol. The van der Waals surface area contributed by atoms with Crippen LogP contribution in [0.5, 0.6) is 0 Å². The highest BCUT2D eigenvalue weighted by Crippen LogP contribution is 2.30. The first-order valence-electron chi connectivity index (χ1n) is 7.08. The van der Waals surface area contributed by atoms with Crippen LogP contribution in [0.2, 0.25) is 5.15 Å². The Labute approximate surface area is 128 Å². The zero-order valence-corrected chi connectivity index (χ0v) is 13.1. The summed E-state index contributed by atoms with van der Waals surface area (Å²) in [5.74, 6) is 0.833. The molecule has 3 heterocycles. The van der Waals surface area contributed by atoms with E-state index in [2.05, 4.69) is 19.9 Å². The molecule has 1 aliphatic rings. The minimum Gasteiger partial charge on any atom is -0.387 e. The maximum Gasteiger partial charge on any atom is 0.144 e. The van der Waals surface area contributed by atoms with E-state index in [4.69, 9.17) is 11.6 Å². The second kappa shape index (κ2) is 5.44. The van der Waals surface area contributed by atoms with E-state index < -0.39 is 5.60 Å².